The lowest BCUT2D eigenvalue weighted by Gasteiger charge is -2.20. The summed E-state index contributed by atoms with van der Waals surface area (Å²) in [5.74, 6) is 1.16. The fraction of sp³-hybridized carbons (Fsp3) is 0.444. The number of anilines is 1. The predicted octanol–water partition coefficient (Wildman–Crippen LogP) is 4.07. The van der Waals surface area contributed by atoms with Crippen LogP contribution >= 0.6 is 0 Å². The summed E-state index contributed by atoms with van der Waals surface area (Å²) >= 11 is 0. The van der Waals surface area contributed by atoms with E-state index in [-0.39, 0.29) is 23.5 Å². The molecule has 2 aromatic rings. The van der Waals surface area contributed by atoms with Crippen molar-refractivity contribution in [2.75, 3.05) is 12.4 Å². The molecule has 4 rings (SSSR count). The summed E-state index contributed by atoms with van der Waals surface area (Å²) in [7, 11) is 1.74. The highest BCUT2D eigenvalue weighted by atomic mass is 19.3. The number of amides is 2. The molecule has 0 radical (unpaired) electrons. The van der Waals surface area contributed by atoms with Gasteiger partial charge in [-0.1, -0.05) is 24.6 Å². The smallest absolute Gasteiger partial charge is 0.321 e. The molecule has 2 atom stereocenters. The van der Waals surface area contributed by atoms with E-state index in [0.717, 1.165) is 12.8 Å². The van der Waals surface area contributed by atoms with Crippen molar-refractivity contribution in [2.24, 2.45) is 11.8 Å². The maximum absolute atomic E-state index is 13.6. The summed E-state index contributed by atoms with van der Waals surface area (Å²) in [4.78, 5) is 14.1. The molecule has 1 heterocycles. The molecule has 0 aliphatic heterocycles. The van der Waals surface area contributed by atoms with Gasteiger partial charge in [-0.2, -0.15) is 5.10 Å². The van der Waals surface area contributed by atoms with Gasteiger partial charge in [-0.25, -0.2) is 18.3 Å². The molecular formula is C18H20F2N4O. The second-order valence-electron chi connectivity index (χ2n) is 6.78. The van der Waals surface area contributed by atoms with Crippen LogP contribution in [0.2, 0.25) is 0 Å². The standard InChI is InChI=1S/C18H20F2N4O/c1-23(15-12-8-5-9-13(12)15)18(25)22-14-10-21-24(16(14)17(19)20)11-6-3-2-4-7-11/h2-4,6-7,10,12-13,15,17H,5,8-9H2,1H3,(H,22,25). The molecule has 2 amide bonds. The van der Waals surface area contributed by atoms with E-state index >= 15 is 0 Å². The van der Waals surface area contributed by atoms with E-state index in [4.69, 9.17) is 0 Å². The van der Waals surface area contributed by atoms with Gasteiger partial charge < -0.3 is 10.2 Å². The van der Waals surface area contributed by atoms with Gasteiger partial charge in [0.2, 0.25) is 0 Å². The van der Waals surface area contributed by atoms with Gasteiger partial charge in [0.15, 0.2) is 0 Å². The summed E-state index contributed by atoms with van der Waals surface area (Å²) in [6.45, 7) is 0. The summed E-state index contributed by atoms with van der Waals surface area (Å²) < 4.78 is 28.4. The number of urea groups is 1. The van der Waals surface area contributed by atoms with Crippen LogP contribution in [0.15, 0.2) is 36.5 Å². The number of halogens is 2. The van der Waals surface area contributed by atoms with Crippen LogP contribution in [0.3, 0.4) is 0 Å². The molecule has 1 aromatic heterocycles. The van der Waals surface area contributed by atoms with Crippen molar-refractivity contribution in [3.8, 4) is 5.69 Å². The first kappa shape index (κ1) is 16.1. The number of benzene rings is 1. The largest absolute Gasteiger partial charge is 0.324 e. The van der Waals surface area contributed by atoms with Crippen LogP contribution in [-0.4, -0.2) is 33.8 Å². The Balaban J connectivity index is 1.54. The monoisotopic (exact) mass is 346 g/mol. The predicted molar refractivity (Wildman–Crippen MR) is 89.9 cm³/mol. The van der Waals surface area contributed by atoms with Crippen molar-refractivity contribution >= 4 is 11.7 Å². The molecule has 2 aliphatic rings. The number of para-hydroxylation sites is 1. The number of hydrogen-bond acceptors (Lipinski definition) is 2. The van der Waals surface area contributed by atoms with Crippen molar-refractivity contribution in [2.45, 2.75) is 31.7 Å². The van der Waals surface area contributed by atoms with Crippen LogP contribution < -0.4 is 5.32 Å². The number of carbonyl (C=O) groups excluding carboxylic acids is 1. The molecule has 2 aliphatic carbocycles. The lowest BCUT2D eigenvalue weighted by atomic mass is 10.2. The van der Waals surface area contributed by atoms with Crippen molar-refractivity contribution in [1.82, 2.24) is 14.7 Å². The molecule has 5 nitrogen and oxygen atoms in total. The van der Waals surface area contributed by atoms with E-state index in [2.05, 4.69) is 10.4 Å². The highest BCUT2D eigenvalue weighted by Crippen LogP contribution is 2.54. The molecule has 132 valence electrons. The lowest BCUT2D eigenvalue weighted by Crippen LogP contribution is -2.35. The first-order chi connectivity index (χ1) is 12.1. The number of nitrogens with one attached hydrogen (secondary N) is 1. The number of aromatic nitrogens is 2. The van der Waals surface area contributed by atoms with Crippen LogP contribution in [0.5, 0.6) is 0 Å². The number of fused-ring (bicyclic) bond motifs is 1. The van der Waals surface area contributed by atoms with Gasteiger partial charge in [0, 0.05) is 13.1 Å². The zero-order chi connectivity index (χ0) is 17.6. The van der Waals surface area contributed by atoms with Crippen LogP contribution in [-0.2, 0) is 0 Å². The van der Waals surface area contributed by atoms with Crippen LogP contribution in [0.25, 0.3) is 5.69 Å². The molecule has 2 fully saturated rings. The number of hydrogen-bond donors (Lipinski definition) is 1. The Labute approximate surface area is 144 Å². The molecule has 1 N–H and O–H groups in total. The third kappa shape index (κ3) is 2.77. The summed E-state index contributed by atoms with van der Waals surface area (Å²) in [5.41, 5.74) is 0.286. The number of carbonyl (C=O) groups is 1. The van der Waals surface area contributed by atoms with Gasteiger partial charge in [-0.15, -0.1) is 0 Å². The average molecular weight is 346 g/mol. The van der Waals surface area contributed by atoms with E-state index in [1.807, 2.05) is 0 Å². The molecule has 25 heavy (non-hydrogen) atoms. The Morgan fingerprint density at radius 1 is 1.28 bits per heavy atom. The highest BCUT2D eigenvalue weighted by Gasteiger charge is 2.55. The van der Waals surface area contributed by atoms with Gasteiger partial charge in [-0.3, -0.25) is 0 Å². The van der Waals surface area contributed by atoms with Gasteiger partial charge >= 0.3 is 6.03 Å². The van der Waals surface area contributed by atoms with E-state index in [0.29, 0.717) is 17.5 Å². The highest BCUT2D eigenvalue weighted by molar-refractivity contribution is 5.90. The molecular weight excluding hydrogens is 326 g/mol. The molecule has 0 saturated heterocycles. The fourth-order valence-electron chi connectivity index (χ4n) is 4.14. The maximum atomic E-state index is 13.6. The molecule has 1 aromatic carbocycles. The van der Waals surface area contributed by atoms with Gasteiger partial charge in [0.05, 0.1) is 17.6 Å². The van der Waals surface area contributed by atoms with Crippen LogP contribution in [0, 0.1) is 11.8 Å². The van der Waals surface area contributed by atoms with Crippen molar-refractivity contribution in [1.29, 1.82) is 0 Å². The Bertz CT molecular complexity index is 767. The van der Waals surface area contributed by atoms with Crippen molar-refractivity contribution in [3.63, 3.8) is 0 Å². The second-order valence-corrected chi connectivity index (χ2v) is 6.78. The minimum absolute atomic E-state index is 0.0570. The Kier molecular flexibility index (Phi) is 3.94. The maximum Gasteiger partial charge on any atom is 0.321 e. The second kappa shape index (κ2) is 6.13. The molecule has 7 heteroatoms. The number of alkyl halides is 2. The summed E-state index contributed by atoms with van der Waals surface area (Å²) in [6, 6.07) is 8.60. The number of rotatable bonds is 4. The third-order valence-electron chi connectivity index (χ3n) is 5.38. The summed E-state index contributed by atoms with van der Waals surface area (Å²) in [5, 5.41) is 6.66. The Morgan fingerprint density at radius 2 is 1.96 bits per heavy atom. The van der Waals surface area contributed by atoms with Gasteiger partial charge in [0.25, 0.3) is 6.43 Å². The quantitative estimate of drug-likeness (QED) is 0.907. The van der Waals surface area contributed by atoms with Crippen molar-refractivity contribution < 1.29 is 13.6 Å². The minimum atomic E-state index is -2.75. The fourth-order valence-corrected chi connectivity index (χ4v) is 4.14. The Morgan fingerprint density at radius 3 is 2.60 bits per heavy atom. The molecule has 0 bridgehead atoms. The average Bonchev–Trinajstić information content (AvgIpc) is 2.97. The Hall–Kier alpha value is -2.44. The topological polar surface area (TPSA) is 50.2 Å². The van der Waals surface area contributed by atoms with Crippen LogP contribution in [0.1, 0.15) is 31.4 Å². The first-order valence-corrected chi connectivity index (χ1v) is 8.53. The lowest BCUT2D eigenvalue weighted by molar-refractivity contribution is 0.143. The SMILES string of the molecule is CN(C(=O)Nc1cnn(-c2ccccc2)c1C(F)F)C1C2CCCC21. The van der Waals surface area contributed by atoms with Crippen LogP contribution in [0.4, 0.5) is 19.3 Å². The molecule has 0 spiro atoms. The van der Waals surface area contributed by atoms with E-state index in [1.165, 1.54) is 17.3 Å². The normalized spacial score (nSPS) is 24.2. The summed E-state index contributed by atoms with van der Waals surface area (Å²) in [6.07, 6.45) is 2.07. The zero-order valence-corrected chi connectivity index (χ0v) is 13.9. The first-order valence-electron chi connectivity index (χ1n) is 8.53. The number of nitrogens with zero attached hydrogens (tertiary/aromatic N) is 3. The van der Waals surface area contributed by atoms with E-state index < -0.39 is 6.43 Å². The third-order valence-corrected chi connectivity index (χ3v) is 5.38. The van der Waals surface area contributed by atoms with Gasteiger partial charge in [-0.05, 0) is 36.8 Å². The van der Waals surface area contributed by atoms with E-state index in [9.17, 15) is 13.6 Å². The van der Waals surface area contributed by atoms with Crippen molar-refractivity contribution in [3.05, 3.63) is 42.2 Å². The van der Waals surface area contributed by atoms with Gasteiger partial charge in [0.1, 0.15) is 5.69 Å². The minimum Gasteiger partial charge on any atom is -0.324 e. The van der Waals surface area contributed by atoms with E-state index in [1.54, 1.807) is 42.3 Å². The zero-order valence-electron chi connectivity index (χ0n) is 13.9. The molecule has 2 saturated carbocycles. The molecule has 2 unspecified atom stereocenters.